The minimum absolute atomic E-state index is 0.176. The Hall–Kier alpha value is -1.09. The van der Waals surface area contributed by atoms with Crippen molar-refractivity contribution in [2.75, 3.05) is 6.54 Å². The fourth-order valence-corrected chi connectivity index (χ4v) is 1.43. The van der Waals surface area contributed by atoms with E-state index in [9.17, 15) is 4.79 Å². The van der Waals surface area contributed by atoms with Gasteiger partial charge in [-0.25, -0.2) is 0 Å². The number of hydrogen-bond donors (Lipinski definition) is 2. The van der Waals surface area contributed by atoms with Crippen LogP contribution < -0.4 is 5.73 Å². The number of nitrogens with one attached hydrogen (secondary N) is 1. The van der Waals surface area contributed by atoms with Crippen molar-refractivity contribution in [1.29, 1.82) is 0 Å². The summed E-state index contributed by atoms with van der Waals surface area (Å²) in [6, 6.07) is 3.64. The van der Waals surface area contributed by atoms with Gasteiger partial charge in [0, 0.05) is 18.2 Å². The lowest BCUT2D eigenvalue weighted by molar-refractivity contribution is 0.0901. The summed E-state index contributed by atoms with van der Waals surface area (Å²) in [7, 11) is 0. The van der Waals surface area contributed by atoms with Crippen molar-refractivity contribution in [2.45, 2.75) is 12.8 Å². The molecule has 0 atom stereocenters. The molecule has 0 bridgehead atoms. The highest BCUT2D eigenvalue weighted by atomic mass is 16.1. The fraction of sp³-hybridized carbons (Fsp3) is 0.444. The van der Waals surface area contributed by atoms with E-state index in [4.69, 9.17) is 5.73 Å². The number of aromatic nitrogens is 1. The molecule has 12 heavy (non-hydrogen) atoms. The minimum Gasteiger partial charge on any atom is -0.359 e. The van der Waals surface area contributed by atoms with Gasteiger partial charge in [-0.2, -0.15) is 0 Å². The highest BCUT2D eigenvalue weighted by Gasteiger charge is 2.48. The number of nitrogens with two attached hydrogens (primary N) is 1. The number of Topliss-reactive ketones (excluding diaryl/α,β-unsaturated/α-hetero) is 1. The number of carbonyl (C=O) groups is 1. The Labute approximate surface area is 71.0 Å². The van der Waals surface area contributed by atoms with Crippen LogP contribution in [-0.2, 0) is 0 Å². The number of aromatic amines is 1. The summed E-state index contributed by atoms with van der Waals surface area (Å²) in [6.07, 6.45) is 3.66. The molecule has 1 fully saturated rings. The maximum Gasteiger partial charge on any atom is 0.186 e. The maximum absolute atomic E-state index is 11.7. The zero-order chi connectivity index (χ0) is 8.60. The first-order valence-corrected chi connectivity index (χ1v) is 4.17. The van der Waals surface area contributed by atoms with Gasteiger partial charge in [-0.3, -0.25) is 4.79 Å². The second-order valence-corrected chi connectivity index (χ2v) is 3.40. The fourth-order valence-electron chi connectivity index (χ4n) is 1.43. The molecule has 3 heteroatoms. The Morgan fingerprint density at radius 2 is 2.42 bits per heavy atom. The minimum atomic E-state index is -0.217. The van der Waals surface area contributed by atoms with Crippen LogP contribution in [0.2, 0.25) is 0 Å². The van der Waals surface area contributed by atoms with Crippen LogP contribution in [0.25, 0.3) is 0 Å². The smallest absolute Gasteiger partial charge is 0.186 e. The van der Waals surface area contributed by atoms with Crippen molar-refractivity contribution in [3.05, 3.63) is 24.0 Å². The van der Waals surface area contributed by atoms with Crippen molar-refractivity contribution in [2.24, 2.45) is 11.1 Å². The van der Waals surface area contributed by atoms with Gasteiger partial charge in [0.25, 0.3) is 0 Å². The van der Waals surface area contributed by atoms with E-state index in [1.807, 2.05) is 6.07 Å². The van der Waals surface area contributed by atoms with E-state index in [2.05, 4.69) is 4.98 Å². The van der Waals surface area contributed by atoms with Crippen molar-refractivity contribution in [1.82, 2.24) is 4.98 Å². The van der Waals surface area contributed by atoms with Crippen LogP contribution in [0, 0.1) is 5.41 Å². The third-order valence-electron chi connectivity index (χ3n) is 2.57. The lowest BCUT2D eigenvalue weighted by Gasteiger charge is -2.08. The van der Waals surface area contributed by atoms with E-state index in [0.717, 1.165) is 12.8 Å². The van der Waals surface area contributed by atoms with E-state index < -0.39 is 0 Å². The zero-order valence-corrected chi connectivity index (χ0v) is 6.84. The first kappa shape index (κ1) is 7.55. The molecule has 0 aliphatic heterocycles. The van der Waals surface area contributed by atoms with Crippen molar-refractivity contribution in [3.8, 4) is 0 Å². The summed E-state index contributed by atoms with van der Waals surface area (Å²) in [6.45, 7) is 0.477. The highest BCUT2D eigenvalue weighted by Crippen LogP contribution is 2.46. The van der Waals surface area contributed by atoms with Crippen LogP contribution in [0.1, 0.15) is 23.3 Å². The molecule has 3 nitrogen and oxygen atoms in total. The summed E-state index contributed by atoms with van der Waals surface area (Å²) in [4.78, 5) is 14.6. The van der Waals surface area contributed by atoms with Crippen LogP contribution in [0.4, 0.5) is 0 Å². The molecule has 0 saturated heterocycles. The molecule has 0 spiro atoms. The molecule has 64 valence electrons. The molecule has 1 aromatic heterocycles. The van der Waals surface area contributed by atoms with E-state index >= 15 is 0 Å². The molecule has 1 aromatic rings. The Morgan fingerprint density at radius 3 is 2.83 bits per heavy atom. The Balaban J connectivity index is 2.21. The number of carbonyl (C=O) groups excluding carboxylic acids is 1. The van der Waals surface area contributed by atoms with Crippen molar-refractivity contribution < 1.29 is 4.79 Å². The van der Waals surface area contributed by atoms with Gasteiger partial charge in [-0.1, -0.05) is 0 Å². The molecule has 0 amide bonds. The number of hydrogen-bond acceptors (Lipinski definition) is 2. The first-order chi connectivity index (χ1) is 5.78. The van der Waals surface area contributed by atoms with Crippen LogP contribution in [0.15, 0.2) is 18.3 Å². The Bertz CT molecular complexity index is 285. The molecule has 0 radical (unpaired) electrons. The lowest BCUT2D eigenvalue weighted by Crippen LogP contribution is -2.25. The van der Waals surface area contributed by atoms with Gasteiger partial charge in [0.05, 0.1) is 5.69 Å². The predicted molar refractivity (Wildman–Crippen MR) is 45.8 cm³/mol. The third kappa shape index (κ3) is 0.975. The molecule has 1 aliphatic carbocycles. The van der Waals surface area contributed by atoms with Gasteiger partial charge in [0.15, 0.2) is 5.78 Å². The van der Waals surface area contributed by atoms with Gasteiger partial charge in [-0.05, 0) is 25.0 Å². The SMILES string of the molecule is NCC1(C(=O)c2ccc[nH]2)CC1. The number of rotatable bonds is 3. The van der Waals surface area contributed by atoms with Gasteiger partial charge >= 0.3 is 0 Å². The van der Waals surface area contributed by atoms with Crippen LogP contribution in [0.5, 0.6) is 0 Å². The normalized spacial score (nSPS) is 19.1. The van der Waals surface area contributed by atoms with Crippen LogP contribution in [0.3, 0.4) is 0 Å². The largest absolute Gasteiger partial charge is 0.359 e. The topological polar surface area (TPSA) is 58.9 Å². The van der Waals surface area contributed by atoms with Gasteiger partial charge in [-0.15, -0.1) is 0 Å². The zero-order valence-electron chi connectivity index (χ0n) is 6.84. The number of H-pyrrole nitrogens is 1. The average Bonchev–Trinajstić information content (AvgIpc) is 2.71. The van der Waals surface area contributed by atoms with Gasteiger partial charge in [0.2, 0.25) is 0 Å². The summed E-state index contributed by atoms with van der Waals surface area (Å²) >= 11 is 0. The third-order valence-corrected chi connectivity index (χ3v) is 2.57. The molecule has 1 aliphatic rings. The van der Waals surface area contributed by atoms with Gasteiger partial charge < -0.3 is 10.7 Å². The van der Waals surface area contributed by atoms with E-state index in [1.165, 1.54) is 0 Å². The molecule has 1 saturated carbocycles. The second-order valence-electron chi connectivity index (χ2n) is 3.40. The Kier molecular flexibility index (Phi) is 1.54. The molecule has 3 N–H and O–H groups in total. The van der Waals surface area contributed by atoms with Crippen LogP contribution in [-0.4, -0.2) is 17.3 Å². The Morgan fingerprint density at radius 1 is 1.67 bits per heavy atom. The summed E-state index contributed by atoms with van der Waals surface area (Å²) in [5.41, 5.74) is 6.02. The summed E-state index contributed by atoms with van der Waals surface area (Å²) in [5.74, 6) is 0.176. The van der Waals surface area contributed by atoms with E-state index in [-0.39, 0.29) is 11.2 Å². The quantitative estimate of drug-likeness (QED) is 0.653. The predicted octanol–water partition coefficient (Wildman–Crippen LogP) is 0.936. The van der Waals surface area contributed by atoms with Gasteiger partial charge in [0.1, 0.15) is 0 Å². The summed E-state index contributed by atoms with van der Waals surface area (Å²) < 4.78 is 0. The molecule has 1 heterocycles. The standard InChI is InChI=1S/C9H12N2O/c10-6-9(3-4-9)8(12)7-2-1-5-11-7/h1-2,5,11H,3-4,6,10H2. The van der Waals surface area contributed by atoms with Crippen molar-refractivity contribution in [3.63, 3.8) is 0 Å². The molecule has 2 rings (SSSR count). The van der Waals surface area contributed by atoms with Crippen molar-refractivity contribution >= 4 is 5.78 Å². The molecular formula is C9H12N2O. The molecule has 0 unspecified atom stereocenters. The van der Waals surface area contributed by atoms with Crippen LogP contribution >= 0.6 is 0 Å². The van der Waals surface area contributed by atoms with E-state index in [1.54, 1.807) is 12.3 Å². The highest BCUT2D eigenvalue weighted by molar-refractivity contribution is 6.00. The average molecular weight is 164 g/mol. The lowest BCUT2D eigenvalue weighted by atomic mass is 9.99. The molecular weight excluding hydrogens is 152 g/mol. The first-order valence-electron chi connectivity index (χ1n) is 4.17. The second kappa shape index (κ2) is 2.45. The monoisotopic (exact) mass is 164 g/mol. The van der Waals surface area contributed by atoms with E-state index in [0.29, 0.717) is 12.2 Å². The number of ketones is 1. The maximum atomic E-state index is 11.7. The summed E-state index contributed by atoms with van der Waals surface area (Å²) in [5, 5.41) is 0. The molecule has 0 aromatic carbocycles.